The van der Waals surface area contributed by atoms with Crippen molar-refractivity contribution in [2.45, 2.75) is 38.3 Å². The lowest BCUT2D eigenvalue weighted by molar-refractivity contribution is -0.0553. The maximum absolute atomic E-state index is 11.1. The van der Waals surface area contributed by atoms with E-state index < -0.39 is 5.97 Å². The number of hydrogen-bond acceptors (Lipinski definition) is 4. The molecule has 5 heteroatoms. The van der Waals surface area contributed by atoms with Crippen molar-refractivity contribution in [3.05, 3.63) is 24.0 Å². The summed E-state index contributed by atoms with van der Waals surface area (Å²) in [4.78, 5) is 15.1. The first-order chi connectivity index (χ1) is 8.48. The summed E-state index contributed by atoms with van der Waals surface area (Å²) in [6.07, 6.45) is 4.77. The molecule has 1 aliphatic heterocycles. The number of nitrogens with one attached hydrogen (secondary N) is 1. The number of pyridine rings is 1. The van der Waals surface area contributed by atoms with Gasteiger partial charge in [-0.15, -0.1) is 0 Å². The van der Waals surface area contributed by atoms with E-state index in [1.165, 1.54) is 12.3 Å². The topological polar surface area (TPSA) is 71.5 Å². The number of rotatable bonds is 3. The van der Waals surface area contributed by atoms with E-state index in [4.69, 9.17) is 9.84 Å². The van der Waals surface area contributed by atoms with Gasteiger partial charge in [-0.05, 0) is 32.8 Å². The van der Waals surface area contributed by atoms with Gasteiger partial charge >= 0.3 is 5.97 Å². The minimum atomic E-state index is -0.939. The Bertz CT molecular complexity index is 446. The molecule has 1 atom stereocenters. The number of carboxylic acids is 1. The van der Waals surface area contributed by atoms with Crippen molar-refractivity contribution < 1.29 is 14.6 Å². The van der Waals surface area contributed by atoms with Crippen molar-refractivity contribution in [1.29, 1.82) is 0 Å². The molecule has 5 nitrogen and oxygen atoms in total. The lowest BCUT2D eigenvalue weighted by Gasteiger charge is -2.36. The number of nitrogens with zero attached hydrogens (tertiary/aromatic N) is 1. The lowest BCUT2D eigenvalue weighted by atomic mass is 9.93. The van der Waals surface area contributed by atoms with Crippen LogP contribution in [-0.2, 0) is 4.74 Å². The summed E-state index contributed by atoms with van der Waals surface area (Å²) in [6.45, 7) is 4.78. The van der Waals surface area contributed by atoms with Crippen LogP contribution in [0.3, 0.4) is 0 Å². The van der Waals surface area contributed by atoms with Gasteiger partial charge in [0.2, 0.25) is 0 Å². The Hall–Kier alpha value is -1.62. The molecule has 1 saturated heterocycles. The molecule has 0 radical (unpaired) electrons. The highest BCUT2D eigenvalue weighted by atomic mass is 16.5. The summed E-state index contributed by atoms with van der Waals surface area (Å²) >= 11 is 0. The van der Waals surface area contributed by atoms with Crippen LogP contribution in [0.1, 0.15) is 37.0 Å². The molecule has 2 rings (SSSR count). The van der Waals surface area contributed by atoms with Crippen molar-refractivity contribution in [2.24, 2.45) is 0 Å². The van der Waals surface area contributed by atoms with E-state index in [2.05, 4.69) is 10.3 Å². The zero-order valence-corrected chi connectivity index (χ0v) is 10.6. The molecule has 0 saturated carbocycles. The molecular formula is C13H18N2O3. The first-order valence-corrected chi connectivity index (χ1v) is 6.06. The molecule has 2 heterocycles. The summed E-state index contributed by atoms with van der Waals surface area (Å²) in [5.74, 6) is -0.939. The van der Waals surface area contributed by atoms with Crippen LogP contribution in [0.5, 0.6) is 0 Å². The Morgan fingerprint density at radius 2 is 2.39 bits per heavy atom. The van der Waals surface area contributed by atoms with Crippen molar-refractivity contribution in [2.75, 3.05) is 11.9 Å². The molecule has 0 aromatic carbocycles. The number of aromatic nitrogens is 1. The molecule has 0 aliphatic carbocycles. The van der Waals surface area contributed by atoms with Crippen molar-refractivity contribution in [3.8, 4) is 0 Å². The first-order valence-electron chi connectivity index (χ1n) is 6.06. The molecule has 1 aromatic rings. The summed E-state index contributed by atoms with van der Waals surface area (Å²) in [7, 11) is 0. The van der Waals surface area contributed by atoms with Crippen LogP contribution in [0.2, 0.25) is 0 Å². The van der Waals surface area contributed by atoms with Gasteiger partial charge in [-0.3, -0.25) is 4.98 Å². The highest BCUT2D eigenvalue weighted by Gasteiger charge is 2.29. The average Bonchev–Trinajstić information content (AvgIpc) is 2.28. The highest BCUT2D eigenvalue weighted by Crippen LogP contribution is 2.27. The predicted octanol–water partition coefficient (Wildman–Crippen LogP) is 2.15. The van der Waals surface area contributed by atoms with Crippen molar-refractivity contribution >= 4 is 11.7 Å². The van der Waals surface area contributed by atoms with E-state index in [1.807, 2.05) is 13.8 Å². The van der Waals surface area contributed by atoms with E-state index in [0.717, 1.165) is 12.8 Å². The van der Waals surface area contributed by atoms with Gasteiger partial charge in [0.1, 0.15) is 0 Å². The van der Waals surface area contributed by atoms with Crippen LogP contribution in [0, 0.1) is 0 Å². The molecule has 0 spiro atoms. The first kappa shape index (κ1) is 12.8. The van der Waals surface area contributed by atoms with Gasteiger partial charge in [-0.2, -0.15) is 0 Å². The monoisotopic (exact) mass is 250 g/mol. The number of carbonyl (C=O) groups is 1. The number of aromatic carboxylic acids is 1. The third-order valence-corrected chi connectivity index (χ3v) is 3.11. The van der Waals surface area contributed by atoms with Gasteiger partial charge < -0.3 is 15.2 Å². The number of anilines is 1. The standard InChI is InChI=1S/C13H18N2O3/c1-13(2)7-9(4-6-18-13)15-11-8-14-5-3-10(11)12(16)17/h3,5,8-9,15H,4,6-7H2,1-2H3,(H,16,17). The quantitative estimate of drug-likeness (QED) is 0.860. The zero-order valence-electron chi connectivity index (χ0n) is 10.6. The SMILES string of the molecule is CC1(C)CC(Nc2cnccc2C(=O)O)CCO1. The second-order valence-electron chi connectivity index (χ2n) is 5.17. The minimum Gasteiger partial charge on any atom is -0.478 e. The van der Waals surface area contributed by atoms with Gasteiger partial charge in [-0.1, -0.05) is 0 Å². The van der Waals surface area contributed by atoms with E-state index in [1.54, 1.807) is 6.20 Å². The molecule has 1 fully saturated rings. The maximum atomic E-state index is 11.1. The van der Waals surface area contributed by atoms with Crippen LogP contribution in [0.25, 0.3) is 0 Å². The summed E-state index contributed by atoms with van der Waals surface area (Å²) in [6, 6.07) is 1.73. The fourth-order valence-corrected chi connectivity index (χ4v) is 2.27. The van der Waals surface area contributed by atoms with Crippen molar-refractivity contribution in [1.82, 2.24) is 4.98 Å². The van der Waals surface area contributed by atoms with E-state index >= 15 is 0 Å². The molecule has 98 valence electrons. The largest absolute Gasteiger partial charge is 0.478 e. The molecule has 2 N–H and O–H groups in total. The average molecular weight is 250 g/mol. The Labute approximate surface area is 106 Å². The Morgan fingerprint density at radius 1 is 1.61 bits per heavy atom. The van der Waals surface area contributed by atoms with E-state index in [-0.39, 0.29) is 17.2 Å². The normalized spacial score (nSPS) is 22.4. The van der Waals surface area contributed by atoms with Crippen LogP contribution < -0.4 is 5.32 Å². The van der Waals surface area contributed by atoms with Gasteiger partial charge in [0.25, 0.3) is 0 Å². The molecular weight excluding hydrogens is 232 g/mol. The van der Waals surface area contributed by atoms with E-state index in [9.17, 15) is 4.79 Å². The van der Waals surface area contributed by atoms with Gasteiger partial charge in [0.15, 0.2) is 0 Å². The third kappa shape index (κ3) is 2.98. The fourth-order valence-electron chi connectivity index (χ4n) is 2.27. The molecule has 1 unspecified atom stereocenters. The minimum absolute atomic E-state index is 0.165. The highest BCUT2D eigenvalue weighted by molar-refractivity contribution is 5.93. The van der Waals surface area contributed by atoms with Crippen LogP contribution in [0.4, 0.5) is 5.69 Å². The van der Waals surface area contributed by atoms with Crippen LogP contribution in [-0.4, -0.2) is 34.3 Å². The Balaban J connectivity index is 2.12. The molecule has 1 aromatic heterocycles. The van der Waals surface area contributed by atoms with Gasteiger partial charge in [0.05, 0.1) is 23.0 Å². The number of ether oxygens (including phenoxy) is 1. The Kier molecular flexibility index (Phi) is 3.52. The number of hydrogen-bond donors (Lipinski definition) is 2. The van der Waals surface area contributed by atoms with E-state index in [0.29, 0.717) is 12.3 Å². The molecule has 1 aliphatic rings. The summed E-state index contributed by atoms with van der Waals surface area (Å²) in [5, 5.41) is 12.4. The molecule has 0 amide bonds. The van der Waals surface area contributed by atoms with Crippen molar-refractivity contribution in [3.63, 3.8) is 0 Å². The predicted molar refractivity (Wildman–Crippen MR) is 67.9 cm³/mol. The second kappa shape index (κ2) is 4.94. The summed E-state index contributed by atoms with van der Waals surface area (Å²) < 4.78 is 5.64. The van der Waals surface area contributed by atoms with Gasteiger partial charge in [0, 0.05) is 18.8 Å². The maximum Gasteiger partial charge on any atom is 0.337 e. The molecule has 0 bridgehead atoms. The number of carboxylic acid groups (broad SMARTS) is 1. The summed E-state index contributed by atoms with van der Waals surface area (Å²) in [5.41, 5.74) is 0.670. The van der Waals surface area contributed by atoms with Gasteiger partial charge in [-0.25, -0.2) is 4.79 Å². The smallest absolute Gasteiger partial charge is 0.337 e. The lowest BCUT2D eigenvalue weighted by Crippen LogP contribution is -2.40. The Morgan fingerprint density at radius 3 is 3.06 bits per heavy atom. The third-order valence-electron chi connectivity index (χ3n) is 3.11. The zero-order chi connectivity index (χ0) is 13.2. The fraction of sp³-hybridized carbons (Fsp3) is 0.538. The second-order valence-corrected chi connectivity index (χ2v) is 5.17. The van der Waals surface area contributed by atoms with Crippen LogP contribution in [0.15, 0.2) is 18.5 Å². The molecule has 18 heavy (non-hydrogen) atoms. The van der Waals surface area contributed by atoms with Crippen LogP contribution >= 0.6 is 0 Å².